The number of aromatic nitrogens is 4. The summed E-state index contributed by atoms with van der Waals surface area (Å²) in [6, 6.07) is 0.269. The van der Waals surface area contributed by atoms with Crippen LogP contribution in [0.15, 0.2) is 6.20 Å². The molecule has 0 fully saturated rings. The van der Waals surface area contributed by atoms with Gasteiger partial charge in [0.05, 0.1) is 17.0 Å². The van der Waals surface area contributed by atoms with Gasteiger partial charge in [-0.15, -0.1) is 0 Å². The average Bonchev–Trinajstić information content (AvgIpc) is 2.91. The van der Waals surface area contributed by atoms with Crippen molar-refractivity contribution in [1.82, 2.24) is 19.7 Å². The quantitative estimate of drug-likeness (QED) is 0.834. The predicted octanol–water partition coefficient (Wildman–Crippen LogP) is 1.19. The van der Waals surface area contributed by atoms with E-state index in [1.165, 1.54) is 11.4 Å². The summed E-state index contributed by atoms with van der Waals surface area (Å²) >= 11 is 0. The molecule has 3 rings (SSSR count). The Balaban J connectivity index is 2.02. The first kappa shape index (κ1) is 11.5. The molecule has 18 heavy (non-hydrogen) atoms. The highest BCUT2D eigenvalue weighted by atomic mass is 15.3. The number of H-pyrrole nitrogens is 1. The van der Waals surface area contributed by atoms with E-state index < -0.39 is 0 Å². The van der Waals surface area contributed by atoms with Crippen molar-refractivity contribution in [3.8, 4) is 11.4 Å². The summed E-state index contributed by atoms with van der Waals surface area (Å²) in [5.41, 5.74) is 10.6. The van der Waals surface area contributed by atoms with E-state index >= 15 is 0 Å². The number of imidazole rings is 1. The lowest BCUT2D eigenvalue weighted by Gasteiger charge is -2.15. The fourth-order valence-electron chi connectivity index (χ4n) is 2.63. The highest BCUT2D eigenvalue weighted by Crippen LogP contribution is 2.25. The van der Waals surface area contributed by atoms with Crippen LogP contribution in [0.1, 0.15) is 30.4 Å². The molecule has 0 saturated heterocycles. The van der Waals surface area contributed by atoms with Crippen molar-refractivity contribution in [2.24, 2.45) is 12.8 Å². The normalized spacial score (nSPS) is 18.9. The third-order valence-electron chi connectivity index (χ3n) is 3.58. The number of hydrogen-bond donors (Lipinski definition) is 2. The van der Waals surface area contributed by atoms with Crippen LogP contribution in [-0.2, 0) is 26.3 Å². The summed E-state index contributed by atoms with van der Waals surface area (Å²) in [5.74, 6) is 0.944. The molecule has 3 N–H and O–H groups in total. The Morgan fingerprint density at radius 1 is 1.56 bits per heavy atom. The molecule has 2 heterocycles. The molecule has 0 saturated carbocycles. The van der Waals surface area contributed by atoms with Gasteiger partial charge in [-0.25, -0.2) is 4.98 Å². The third kappa shape index (κ3) is 1.84. The average molecular weight is 245 g/mol. The maximum atomic E-state index is 5.99. The first-order chi connectivity index (χ1) is 8.67. The van der Waals surface area contributed by atoms with Crippen molar-refractivity contribution in [2.75, 3.05) is 0 Å². The zero-order valence-corrected chi connectivity index (χ0v) is 10.9. The minimum atomic E-state index is 0.269. The van der Waals surface area contributed by atoms with Gasteiger partial charge in [-0.1, -0.05) is 6.92 Å². The van der Waals surface area contributed by atoms with Crippen molar-refractivity contribution in [1.29, 1.82) is 0 Å². The minimum Gasteiger partial charge on any atom is -0.341 e. The molecule has 96 valence electrons. The van der Waals surface area contributed by atoms with E-state index in [2.05, 4.69) is 17.0 Å². The summed E-state index contributed by atoms with van der Waals surface area (Å²) in [6.07, 6.45) is 5.87. The second-order valence-corrected chi connectivity index (χ2v) is 5.03. The molecule has 1 aliphatic carbocycles. The number of aryl methyl sites for hydroxylation is 3. The van der Waals surface area contributed by atoms with E-state index in [1.54, 1.807) is 0 Å². The van der Waals surface area contributed by atoms with Gasteiger partial charge in [-0.05, 0) is 19.3 Å². The van der Waals surface area contributed by atoms with Crippen LogP contribution in [-0.4, -0.2) is 25.8 Å². The molecular formula is C13H19N5. The van der Waals surface area contributed by atoms with Gasteiger partial charge in [0.2, 0.25) is 0 Å². The van der Waals surface area contributed by atoms with Gasteiger partial charge in [0.1, 0.15) is 5.82 Å². The van der Waals surface area contributed by atoms with Crippen LogP contribution in [0.25, 0.3) is 11.4 Å². The molecule has 0 amide bonds. The summed E-state index contributed by atoms with van der Waals surface area (Å²) in [7, 11) is 1.95. The zero-order chi connectivity index (χ0) is 12.7. The second kappa shape index (κ2) is 4.24. The zero-order valence-electron chi connectivity index (χ0n) is 10.9. The molecule has 2 aromatic rings. The van der Waals surface area contributed by atoms with Crippen LogP contribution in [0.5, 0.6) is 0 Å². The fraction of sp³-hybridized carbons (Fsp3) is 0.538. The molecule has 0 radical (unpaired) electrons. The smallest absolute Gasteiger partial charge is 0.141 e. The summed E-state index contributed by atoms with van der Waals surface area (Å²) in [5, 5.41) is 4.46. The van der Waals surface area contributed by atoms with Crippen LogP contribution in [0.2, 0.25) is 0 Å². The number of hydrogen-bond acceptors (Lipinski definition) is 3. The standard InChI is InChI=1S/C13H19N5/c1-3-10-9(7-18(2)17-10)13-15-11-5-4-8(14)6-12(11)16-13/h7-8H,3-6,14H2,1-2H3,(H,15,16). The summed E-state index contributed by atoms with van der Waals surface area (Å²) < 4.78 is 1.85. The van der Waals surface area contributed by atoms with Crippen molar-refractivity contribution < 1.29 is 0 Å². The van der Waals surface area contributed by atoms with Gasteiger partial charge in [-0.3, -0.25) is 4.68 Å². The number of nitrogens with two attached hydrogens (primary N) is 1. The van der Waals surface area contributed by atoms with Crippen LogP contribution >= 0.6 is 0 Å². The van der Waals surface area contributed by atoms with Gasteiger partial charge in [0, 0.05) is 31.4 Å². The second-order valence-electron chi connectivity index (χ2n) is 5.03. The number of nitrogens with zero attached hydrogens (tertiary/aromatic N) is 3. The number of fused-ring (bicyclic) bond motifs is 1. The first-order valence-electron chi connectivity index (χ1n) is 6.53. The Hall–Kier alpha value is -1.62. The van der Waals surface area contributed by atoms with E-state index in [-0.39, 0.29) is 6.04 Å². The SMILES string of the molecule is CCc1nn(C)cc1-c1nc2c([nH]1)CC(N)CC2. The van der Waals surface area contributed by atoms with E-state index in [1.807, 2.05) is 17.9 Å². The molecule has 1 atom stereocenters. The number of nitrogens with one attached hydrogen (secondary N) is 1. The number of rotatable bonds is 2. The van der Waals surface area contributed by atoms with Gasteiger partial charge >= 0.3 is 0 Å². The summed E-state index contributed by atoms with van der Waals surface area (Å²) in [6.45, 7) is 2.12. The van der Waals surface area contributed by atoms with Crippen molar-refractivity contribution in [3.63, 3.8) is 0 Å². The topological polar surface area (TPSA) is 72.5 Å². The van der Waals surface area contributed by atoms with Gasteiger partial charge in [0.25, 0.3) is 0 Å². The Kier molecular flexibility index (Phi) is 2.70. The highest BCUT2D eigenvalue weighted by Gasteiger charge is 2.21. The van der Waals surface area contributed by atoms with Gasteiger partial charge in [0.15, 0.2) is 0 Å². The van der Waals surface area contributed by atoms with Crippen molar-refractivity contribution >= 4 is 0 Å². The van der Waals surface area contributed by atoms with E-state index in [9.17, 15) is 0 Å². The van der Waals surface area contributed by atoms with Crippen molar-refractivity contribution in [2.45, 2.75) is 38.6 Å². The maximum absolute atomic E-state index is 5.99. The first-order valence-corrected chi connectivity index (χ1v) is 6.53. The Bertz CT molecular complexity index is 566. The van der Waals surface area contributed by atoms with Crippen LogP contribution < -0.4 is 5.73 Å². The largest absolute Gasteiger partial charge is 0.341 e. The maximum Gasteiger partial charge on any atom is 0.141 e. The van der Waals surface area contributed by atoms with E-state index in [0.717, 1.165) is 42.8 Å². The third-order valence-corrected chi connectivity index (χ3v) is 3.58. The molecule has 0 spiro atoms. The fourth-order valence-corrected chi connectivity index (χ4v) is 2.63. The van der Waals surface area contributed by atoms with E-state index in [0.29, 0.717) is 0 Å². The Morgan fingerprint density at radius 2 is 2.39 bits per heavy atom. The Labute approximate surface area is 106 Å². The molecule has 1 unspecified atom stereocenters. The molecule has 0 aromatic carbocycles. The van der Waals surface area contributed by atoms with E-state index in [4.69, 9.17) is 10.7 Å². The number of aromatic amines is 1. The van der Waals surface area contributed by atoms with Crippen LogP contribution in [0.3, 0.4) is 0 Å². The molecule has 1 aliphatic rings. The van der Waals surface area contributed by atoms with Crippen molar-refractivity contribution in [3.05, 3.63) is 23.3 Å². The lowest BCUT2D eigenvalue weighted by Crippen LogP contribution is -2.27. The van der Waals surface area contributed by atoms with Crippen LogP contribution in [0, 0.1) is 0 Å². The monoisotopic (exact) mass is 245 g/mol. The van der Waals surface area contributed by atoms with Gasteiger partial charge in [-0.2, -0.15) is 5.10 Å². The summed E-state index contributed by atoms with van der Waals surface area (Å²) in [4.78, 5) is 8.14. The molecule has 2 aromatic heterocycles. The van der Waals surface area contributed by atoms with Gasteiger partial charge < -0.3 is 10.7 Å². The highest BCUT2D eigenvalue weighted by molar-refractivity contribution is 5.58. The molecule has 0 bridgehead atoms. The molecule has 5 nitrogen and oxygen atoms in total. The predicted molar refractivity (Wildman–Crippen MR) is 70.2 cm³/mol. The minimum absolute atomic E-state index is 0.269. The Morgan fingerprint density at radius 3 is 3.17 bits per heavy atom. The lowest BCUT2D eigenvalue weighted by molar-refractivity contribution is 0.565. The lowest BCUT2D eigenvalue weighted by atomic mass is 9.97. The van der Waals surface area contributed by atoms with Crippen LogP contribution in [0.4, 0.5) is 0 Å². The molecule has 5 heteroatoms. The molecule has 0 aliphatic heterocycles. The molecular weight excluding hydrogens is 226 g/mol.